The van der Waals surface area contributed by atoms with Crippen molar-refractivity contribution in [2.45, 2.75) is 59.7 Å². The highest BCUT2D eigenvalue weighted by molar-refractivity contribution is 5.98. The first-order valence-corrected chi connectivity index (χ1v) is 9.98. The monoisotopic (exact) mass is 428 g/mol. The first-order chi connectivity index (χ1) is 13.9. The van der Waals surface area contributed by atoms with Crippen LogP contribution in [0.1, 0.15) is 46.6 Å². The van der Waals surface area contributed by atoms with Gasteiger partial charge in [0.05, 0.1) is 0 Å². The molecule has 1 heterocycles. The van der Waals surface area contributed by atoms with Crippen LogP contribution in [0.15, 0.2) is 35.9 Å². The van der Waals surface area contributed by atoms with Gasteiger partial charge in [-0.3, -0.25) is 4.79 Å². The van der Waals surface area contributed by atoms with E-state index in [0.717, 1.165) is 4.90 Å². The molecule has 1 aliphatic heterocycles. The minimum absolute atomic E-state index is 0.175. The highest BCUT2D eigenvalue weighted by Gasteiger charge is 2.43. The number of anilines is 1. The molecule has 0 spiro atoms. The maximum absolute atomic E-state index is 13.1. The summed E-state index contributed by atoms with van der Waals surface area (Å²) in [5.74, 6) is -1.91. The molecule has 2 amide bonds. The summed E-state index contributed by atoms with van der Waals surface area (Å²) >= 11 is 0. The number of hydrogen-bond donors (Lipinski definition) is 0. The molecule has 2 rings (SSSR count). The lowest BCUT2D eigenvalue weighted by molar-refractivity contribution is -0.170. The number of alkyl halides is 3. The topological polar surface area (TPSA) is 49.9 Å². The van der Waals surface area contributed by atoms with Crippen molar-refractivity contribution in [1.29, 1.82) is 0 Å². The van der Waals surface area contributed by atoms with Crippen LogP contribution >= 0.6 is 0 Å². The number of hydrogen-bond acceptors (Lipinski definition) is 3. The average molecular weight is 428 g/mol. The molecule has 0 aliphatic carbocycles. The normalized spacial score (nSPS) is 14.3. The molecule has 0 bridgehead atoms. The lowest BCUT2D eigenvalue weighted by Gasteiger charge is -2.32. The predicted molar refractivity (Wildman–Crippen MR) is 111 cm³/mol. The van der Waals surface area contributed by atoms with E-state index in [9.17, 15) is 22.8 Å². The Hall–Kier alpha value is -2.51. The highest BCUT2D eigenvalue weighted by atomic mass is 19.4. The van der Waals surface area contributed by atoms with Crippen molar-refractivity contribution < 1.29 is 27.5 Å². The van der Waals surface area contributed by atoms with E-state index in [0.29, 0.717) is 24.1 Å². The van der Waals surface area contributed by atoms with Crippen molar-refractivity contribution in [3.63, 3.8) is 0 Å². The molecule has 0 saturated carbocycles. The van der Waals surface area contributed by atoms with Gasteiger partial charge in [-0.2, -0.15) is 13.2 Å². The predicted octanol–water partition coefficient (Wildman–Crippen LogP) is 5.48. The zero-order valence-corrected chi connectivity index (χ0v) is 18.5. The molecule has 0 atom stereocenters. The largest absolute Gasteiger partial charge is 0.471 e. The molecular weight excluding hydrogens is 397 g/mol. The molecule has 1 aromatic rings. The van der Waals surface area contributed by atoms with Gasteiger partial charge in [0.15, 0.2) is 0 Å². The van der Waals surface area contributed by atoms with Crippen molar-refractivity contribution in [2.24, 2.45) is 0 Å². The fourth-order valence-corrected chi connectivity index (χ4v) is 2.84. The first kappa shape index (κ1) is 25.5. The number of nitrogens with zero attached hydrogens (tertiary/aromatic N) is 2. The minimum Gasteiger partial charge on any atom is -0.444 e. The smallest absolute Gasteiger partial charge is 0.444 e. The van der Waals surface area contributed by atoms with Gasteiger partial charge in [0.1, 0.15) is 5.60 Å². The van der Waals surface area contributed by atoms with E-state index >= 15 is 0 Å². The Morgan fingerprint density at radius 2 is 1.73 bits per heavy atom. The number of ether oxygens (including phenoxy) is 1. The molecule has 168 valence electrons. The summed E-state index contributed by atoms with van der Waals surface area (Å²) in [6, 6.07) is 6.45. The molecule has 1 aromatic carbocycles. The Morgan fingerprint density at radius 3 is 2.20 bits per heavy atom. The lowest BCUT2D eigenvalue weighted by atomic mass is 10.1. The molecule has 0 unspecified atom stereocenters. The van der Waals surface area contributed by atoms with Crippen molar-refractivity contribution in [3.8, 4) is 0 Å². The molecule has 0 aromatic heterocycles. The number of halogens is 3. The number of amides is 2. The second-order valence-corrected chi connectivity index (χ2v) is 7.71. The molecule has 0 fully saturated rings. The molecule has 5 nitrogen and oxygen atoms in total. The molecule has 30 heavy (non-hydrogen) atoms. The molecule has 0 saturated heterocycles. The Morgan fingerprint density at radius 1 is 1.13 bits per heavy atom. The minimum atomic E-state index is -4.97. The molecule has 1 aliphatic rings. The lowest BCUT2D eigenvalue weighted by Crippen LogP contribution is -2.44. The van der Waals surface area contributed by atoms with Gasteiger partial charge in [0.25, 0.3) is 0 Å². The first-order valence-electron chi connectivity index (χ1n) is 9.98. The third-order valence-electron chi connectivity index (χ3n) is 4.21. The summed E-state index contributed by atoms with van der Waals surface area (Å²) in [7, 11) is 0. The van der Waals surface area contributed by atoms with E-state index in [4.69, 9.17) is 4.74 Å². The zero-order valence-electron chi connectivity index (χ0n) is 18.5. The molecule has 0 N–H and O–H groups in total. The van der Waals surface area contributed by atoms with E-state index in [2.05, 4.69) is 0 Å². The Kier molecular flexibility index (Phi) is 8.93. The van der Waals surface area contributed by atoms with E-state index in [1.807, 2.05) is 13.8 Å². The number of carbonyl (C=O) groups excluding carboxylic acids is 2. The van der Waals surface area contributed by atoms with Crippen LogP contribution < -0.4 is 4.90 Å². The summed E-state index contributed by atoms with van der Waals surface area (Å²) in [6.07, 6.45) is -3.39. The van der Waals surface area contributed by atoms with Crippen molar-refractivity contribution >= 4 is 17.7 Å². The zero-order chi connectivity index (χ0) is 23.1. The van der Waals surface area contributed by atoms with E-state index in [1.165, 1.54) is 11.0 Å². The van der Waals surface area contributed by atoms with Crippen LogP contribution in [0.25, 0.3) is 0 Å². The molecule has 8 heteroatoms. The van der Waals surface area contributed by atoms with E-state index < -0.39 is 23.8 Å². The van der Waals surface area contributed by atoms with Gasteiger partial charge in [-0.05, 0) is 45.7 Å². The fourth-order valence-electron chi connectivity index (χ4n) is 2.84. The van der Waals surface area contributed by atoms with Crippen LogP contribution in [0.4, 0.5) is 23.7 Å². The standard InChI is InChI=1S/C20H25F3N2O3.C2H6/c1-14-7-5-6-8-16(14)25(17(26)20(21,22)23)13-15-9-11-24(12-10-15)18(27)28-19(2,3)4;1-2/h5-9H,10-13H2,1-4H3;1-2H3. The van der Waals surface area contributed by atoms with Gasteiger partial charge in [0.2, 0.25) is 0 Å². The summed E-state index contributed by atoms with van der Waals surface area (Å²) in [5.41, 5.74) is 0.842. The van der Waals surface area contributed by atoms with Gasteiger partial charge >= 0.3 is 18.2 Å². The Labute approximate surface area is 176 Å². The van der Waals surface area contributed by atoms with Gasteiger partial charge in [-0.25, -0.2) is 4.79 Å². The maximum atomic E-state index is 13.1. The highest BCUT2D eigenvalue weighted by Crippen LogP contribution is 2.28. The van der Waals surface area contributed by atoms with Crippen LogP contribution in [-0.4, -0.2) is 48.3 Å². The van der Waals surface area contributed by atoms with Gasteiger partial charge in [-0.15, -0.1) is 0 Å². The van der Waals surface area contributed by atoms with E-state index in [-0.39, 0.29) is 18.8 Å². The Balaban J connectivity index is 0.00000218. The third-order valence-corrected chi connectivity index (χ3v) is 4.21. The summed E-state index contributed by atoms with van der Waals surface area (Å²) in [6.45, 7) is 11.3. The number of aryl methyl sites for hydroxylation is 1. The number of para-hydroxylation sites is 1. The van der Waals surface area contributed by atoms with Crippen molar-refractivity contribution in [1.82, 2.24) is 4.90 Å². The third kappa shape index (κ3) is 7.39. The van der Waals surface area contributed by atoms with Gasteiger partial charge in [-0.1, -0.05) is 43.7 Å². The second-order valence-electron chi connectivity index (χ2n) is 7.71. The van der Waals surface area contributed by atoms with Gasteiger partial charge < -0.3 is 14.5 Å². The average Bonchev–Trinajstić information content (AvgIpc) is 2.66. The van der Waals surface area contributed by atoms with Gasteiger partial charge in [0, 0.05) is 25.3 Å². The molecular formula is C22H31F3N2O3. The summed E-state index contributed by atoms with van der Waals surface area (Å²) < 4.78 is 44.7. The van der Waals surface area contributed by atoms with Crippen molar-refractivity contribution in [3.05, 3.63) is 41.5 Å². The van der Waals surface area contributed by atoms with Crippen LogP contribution in [0.5, 0.6) is 0 Å². The second kappa shape index (κ2) is 10.5. The van der Waals surface area contributed by atoms with Crippen LogP contribution in [-0.2, 0) is 9.53 Å². The van der Waals surface area contributed by atoms with Crippen LogP contribution in [0, 0.1) is 6.92 Å². The van der Waals surface area contributed by atoms with Crippen LogP contribution in [0.2, 0.25) is 0 Å². The number of rotatable bonds is 3. The summed E-state index contributed by atoms with van der Waals surface area (Å²) in [4.78, 5) is 26.4. The van der Waals surface area contributed by atoms with Crippen LogP contribution in [0.3, 0.4) is 0 Å². The number of carbonyl (C=O) groups is 2. The Bertz CT molecular complexity index is 768. The SMILES string of the molecule is CC.Cc1ccccc1N(CC1=CCN(C(=O)OC(C)(C)C)CC1)C(=O)C(F)(F)F. The van der Waals surface area contributed by atoms with Crippen molar-refractivity contribution in [2.75, 3.05) is 24.5 Å². The quantitative estimate of drug-likeness (QED) is 0.599. The maximum Gasteiger partial charge on any atom is 0.471 e. The van der Waals surface area contributed by atoms with E-state index in [1.54, 1.807) is 52.0 Å². The molecule has 0 radical (unpaired) electrons. The summed E-state index contributed by atoms with van der Waals surface area (Å²) in [5, 5.41) is 0. The fraction of sp³-hybridized carbons (Fsp3) is 0.545. The number of benzene rings is 1.